The Labute approximate surface area is 243 Å². The summed E-state index contributed by atoms with van der Waals surface area (Å²) >= 11 is 0. The summed E-state index contributed by atoms with van der Waals surface area (Å²) in [5.74, 6) is 0.382. The van der Waals surface area contributed by atoms with E-state index in [1.807, 2.05) is 35.2 Å². The predicted molar refractivity (Wildman–Crippen MR) is 147 cm³/mol. The third-order valence-electron chi connectivity index (χ3n) is 7.25. The SMILES string of the molecule is NC(=O)C1CN(C(=O)OCc2ccccc2)CCN1c1ccc2c(c1)OCCn1cc(-c3ncnn3CC(F)(F)F)nc1-2. The Kier molecular flexibility index (Phi) is 7.38. The van der Waals surface area contributed by atoms with Gasteiger partial charge in [0.05, 0.1) is 18.7 Å². The van der Waals surface area contributed by atoms with E-state index >= 15 is 0 Å². The molecule has 2 amide bonds. The van der Waals surface area contributed by atoms with Gasteiger partial charge in [-0.2, -0.15) is 18.3 Å². The number of hydrogen-bond acceptors (Lipinski definition) is 8. The van der Waals surface area contributed by atoms with E-state index in [1.54, 1.807) is 29.0 Å². The molecule has 15 heteroatoms. The highest BCUT2D eigenvalue weighted by molar-refractivity contribution is 5.86. The van der Waals surface area contributed by atoms with Gasteiger partial charge < -0.3 is 29.6 Å². The van der Waals surface area contributed by atoms with Crippen LogP contribution in [0, 0.1) is 0 Å². The van der Waals surface area contributed by atoms with Crippen LogP contribution in [0.15, 0.2) is 61.1 Å². The van der Waals surface area contributed by atoms with E-state index in [0.29, 0.717) is 42.5 Å². The number of halogens is 3. The fraction of sp³-hybridized carbons (Fsp3) is 0.321. The van der Waals surface area contributed by atoms with Crippen molar-refractivity contribution in [2.45, 2.75) is 31.9 Å². The maximum Gasteiger partial charge on any atom is 0.410 e. The number of ether oxygens (including phenoxy) is 2. The van der Waals surface area contributed by atoms with Crippen molar-refractivity contribution in [1.82, 2.24) is 29.2 Å². The van der Waals surface area contributed by atoms with Crippen LogP contribution >= 0.6 is 0 Å². The van der Waals surface area contributed by atoms with Crippen LogP contribution in [0.4, 0.5) is 23.7 Å². The fourth-order valence-electron chi connectivity index (χ4n) is 5.22. The maximum atomic E-state index is 13.0. The van der Waals surface area contributed by atoms with Gasteiger partial charge in [-0.25, -0.2) is 19.4 Å². The third kappa shape index (κ3) is 5.96. The minimum atomic E-state index is -4.47. The predicted octanol–water partition coefficient (Wildman–Crippen LogP) is 3.08. The number of carbonyl (C=O) groups excluding carboxylic acids is 2. The van der Waals surface area contributed by atoms with Crippen LogP contribution in [0.25, 0.3) is 22.9 Å². The van der Waals surface area contributed by atoms with Crippen LogP contribution in [0.1, 0.15) is 5.56 Å². The fourth-order valence-corrected chi connectivity index (χ4v) is 5.22. The first-order valence-corrected chi connectivity index (χ1v) is 13.5. The van der Waals surface area contributed by atoms with Gasteiger partial charge in [0.1, 0.15) is 49.4 Å². The maximum absolute atomic E-state index is 13.0. The minimum absolute atomic E-state index is 0.00135. The molecule has 2 N–H and O–H groups in total. The molecule has 0 radical (unpaired) electrons. The lowest BCUT2D eigenvalue weighted by Gasteiger charge is -2.40. The van der Waals surface area contributed by atoms with E-state index < -0.39 is 30.8 Å². The van der Waals surface area contributed by atoms with Gasteiger partial charge in [0, 0.05) is 31.0 Å². The molecule has 12 nitrogen and oxygen atoms in total. The van der Waals surface area contributed by atoms with Gasteiger partial charge in [0.15, 0.2) is 5.82 Å². The molecular formula is C28H27F3N8O4. The molecule has 6 rings (SSSR count). The van der Waals surface area contributed by atoms with Crippen LogP contribution in [0.3, 0.4) is 0 Å². The van der Waals surface area contributed by atoms with E-state index in [9.17, 15) is 22.8 Å². The first-order chi connectivity index (χ1) is 20.7. The Morgan fingerprint density at radius 3 is 2.65 bits per heavy atom. The summed E-state index contributed by atoms with van der Waals surface area (Å²) in [6.07, 6.45) is -2.31. The van der Waals surface area contributed by atoms with Gasteiger partial charge in [-0.15, -0.1) is 0 Å². The largest absolute Gasteiger partial charge is 0.491 e. The van der Waals surface area contributed by atoms with Crippen LogP contribution in [-0.2, 0) is 29.2 Å². The van der Waals surface area contributed by atoms with E-state index in [0.717, 1.165) is 16.6 Å². The van der Waals surface area contributed by atoms with Gasteiger partial charge in [-0.3, -0.25) is 4.79 Å². The van der Waals surface area contributed by atoms with Crippen molar-refractivity contribution < 1.29 is 32.2 Å². The van der Waals surface area contributed by atoms with Crippen molar-refractivity contribution in [2.75, 3.05) is 31.1 Å². The Morgan fingerprint density at radius 1 is 1.07 bits per heavy atom. The van der Waals surface area contributed by atoms with E-state index in [2.05, 4.69) is 15.1 Å². The highest BCUT2D eigenvalue weighted by atomic mass is 19.4. The topological polar surface area (TPSA) is 134 Å². The number of anilines is 1. The molecule has 2 aromatic heterocycles. The molecule has 0 aliphatic carbocycles. The number of amides is 2. The second-order valence-electron chi connectivity index (χ2n) is 10.1. The lowest BCUT2D eigenvalue weighted by molar-refractivity contribution is -0.142. The van der Waals surface area contributed by atoms with Gasteiger partial charge in [-0.1, -0.05) is 30.3 Å². The first kappa shape index (κ1) is 28.1. The number of carbonyl (C=O) groups is 2. The number of nitrogens with zero attached hydrogens (tertiary/aromatic N) is 7. The van der Waals surface area contributed by atoms with Gasteiger partial charge in [0.25, 0.3) is 0 Å². The van der Waals surface area contributed by atoms with Crippen LogP contribution < -0.4 is 15.4 Å². The molecule has 1 unspecified atom stereocenters. The van der Waals surface area contributed by atoms with E-state index in [4.69, 9.17) is 15.2 Å². The molecule has 2 aromatic carbocycles. The lowest BCUT2D eigenvalue weighted by Crippen LogP contribution is -2.59. The summed E-state index contributed by atoms with van der Waals surface area (Å²) < 4.78 is 53.1. The minimum Gasteiger partial charge on any atom is -0.491 e. The standard InChI is InChI=1S/C28H27F3N8O4/c29-28(30,31)16-39-26(33-17-34-39)21-13-36-10-11-42-23-12-19(6-7-20(23)25(36)35-21)38-9-8-37(14-22(38)24(32)40)27(41)43-15-18-4-2-1-3-5-18/h1-7,12-13,17,22H,8-11,14-16H2,(H2,32,40). The molecule has 4 aromatic rings. The highest BCUT2D eigenvalue weighted by Gasteiger charge is 2.35. The van der Waals surface area contributed by atoms with Gasteiger partial charge in [-0.05, 0) is 17.7 Å². The Morgan fingerprint density at radius 2 is 1.88 bits per heavy atom. The number of fused-ring (bicyclic) bond motifs is 3. The van der Waals surface area contributed by atoms with Crippen molar-refractivity contribution in [3.63, 3.8) is 0 Å². The van der Waals surface area contributed by atoms with Crippen molar-refractivity contribution in [3.05, 3.63) is 66.6 Å². The smallest absolute Gasteiger partial charge is 0.410 e. The first-order valence-electron chi connectivity index (χ1n) is 13.5. The lowest BCUT2D eigenvalue weighted by atomic mass is 10.1. The summed E-state index contributed by atoms with van der Waals surface area (Å²) in [7, 11) is 0. The molecule has 2 aliphatic rings. The summed E-state index contributed by atoms with van der Waals surface area (Å²) in [5.41, 5.74) is 8.13. The second kappa shape index (κ2) is 11.3. The number of imidazole rings is 1. The van der Waals surface area contributed by atoms with E-state index in [1.165, 1.54) is 4.90 Å². The zero-order chi connectivity index (χ0) is 30.1. The molecule has 4 heterocycles. The monoisotopic (exact) mass is 596 g/mol. The number of alkyl halides is 3. The summed E-state index contributed by atoms with van der Waals surface area (Å²) in [5, 5.41) is 3.71. The van der Waals surface area contributed by atoms with Crippen molar-refractivity contribution in [3.8, 4) is 28.7 Å². The number of nitrogens with two attached hydrogens (primary N) is 1. The molecule has 1 saturated heterocycles. The molecule has 0 saturated carbocycles. The molecular weight excluding hydrogens is 569 g/mol. The Hall–Kier alpha value is -5.08. The number of piperazine rings is 1. The van der Waals surface area contributed by atoms with Crippen molar-refractivity contribution in [2.24, 2.45) is 5.73 Å². The molecule has 2 aliphatic heterocycles. The highest BCUT2D eigenvalue weighted by Crippen LogP contribution is 2.37. The average molecular weight is 597 g/mol. The van der Waals surface area contributed by atoms with E-state index in [-0.39, 0.29) is 31.3 Å². The molecule has 1 fully saturated rings. The molecule has 43 heavy (non-hydrogen) atoms. The zero-order valence-corrected chi connectivity index (χ0v) is 22.8. The van der Waals surface area contributed by atoms with Gasteiger partial charge >= 0.3 is 12.3 Å². The van der Waals surface area contributed by atoms with Crippen molar-refractivity contribution in [1.29, 1.82) is 0 Å². The molecule has 0 spiro atoms. The average Bonchev–Trinajstić information content (AvgIpc) is 3.58. The summed E-state index contributed by atoms with van der Waals surface area (Å²) in [4.78, 5) is 37.1. The van der Waals surface area contributed by atoms with Crippen molar-refractivity contribution >= 4 is 17.7 Å². The quantitative estimate of drug-likeness (QED) is 0.359. The second-order valence-corrected chi connectivity index (χ2v) is 10.1. The third-order valence-corrected chi connectivity index (χ3v) is 7.25. The van der Waals surface area contributed by atoms with Gasteiger partial charge in [0.2, 0.25) is 5.91 Å². The zero-order valence-electron chi connectivity index (χ0n) is 22.8. The number of aromatic nitrogens is 5. The number of benzene rings is 2. The van der Waals surface area contributed by atoms with Crippen LogP contribution in [0.2, 0.25) is 0 Å². The number of rotatable bonds is 6. The molecule has 0 bridgehead atoms. The van der Waals surface area contributed by atoms with Crippen LogP contribution in [0.5, 0.6) is 5.75 Å². The number of hydrogen-bond donors (Lipinski definition) is 1. The normalized spacial score (nSPS) is 16.6. The Balaban J connectivity index is 1.21. The number of primary amides is 1. The molecule has 224 valence electrons. The summed E-state index contributed by atoms with van der Waals surface area (Å²) in [6.45, 7) is 0.172. The molecule has 1 atom stereocenters. The summed E-state index contributed by atoms with van der Waals surface area (Å²) in [6, 6.07) is 13.8. The van der Waals surface area contributed by atoms with Crippen LogP contribution in [-0.4, -0.2) is 79.7 Å². The Bertz CT molecular complexity index is 1640.